The average Bonchev–Trinajstić information content (AvgIpc) is 2.97. The molecular formula is C20H32N4O2. The quantitative estimate of drug-likeness (QED) is 0.700. The fourth-order valence-electron chi connectivity index (χ4n) is 3.23. The number of carbonyl (C=O) groups excluding carboxylic acids is 2. The van der Waals surface area contributed by atoms with Crippen LogP contribution in [0, 0.1) is 13.8 Å². The van der Waals surface area contributed by atoms with Crippen molar-refractivity contribution < 1.29 is 9.59 Å². The third-order valence-electron chi connectivity index (χ3n) is 5.09. The van der Waals surface area contributed by atoms with E-state index in [1.165, 1.54) is 5.56 Å². The van der Waals surface area contributed by atoms with Gasteiger partial charge in [0.25, 0.3) is 0 Å². The summed E-state index contributed by atoms with van der Waals surface area (Å²) in [6.45, 7) is 12.6. The molecule has 0 bridgehead atoms. The second-order valence-corrected chi connectivity index (χ2v) is 6.95. The first-order chi connectivity index (χ1) is 12.4. The number of nitrogens with one attached hydrogen (secondary N) is 2. The summed E-state index contributed by atoms with van der Waals surface area (Å²) in [5.74, 6) is 0.0556. The molecule has 1 aromatic rings. The monoisotopic (exact) mass is 360 g/mol. The Hall–Kier alpha value is -2.08. The van der Waals surface area contributed by atoms with E-state index in [0.717, 1.165) is 37.3 Å². The number of nitrogens with zero attached hydrogens (tertiary/aromatic N) is 2. The van der Waals surface area contributed by atoms with Crippen molar-refractivity contribution in [3.8, 4) is 0 Å². The molecule has 0 radical (unpaired) electrons. The molecule has 26 heavy (non-hydrogen) atoms. The zero-order valence-electron chi connectivity index (χ0n) is 16.5. The molecule has 6 nitrogen and oxygen atoms in total. The van der Waals surface area contributed by atoms with Crippen LogP contribution in [0.4, 0.5) is 10.5 Å². The first-order valence-electron chi connectivity index (χ1n) is 9.58. The number of carbonyl (C=O) groups is 2. The van der Waals surface area contributed by atoms with Gasteiger partial charge in [-0.05, 0) is 63.2 Å². The Kier molecular flexibility index (Phi) is 7.45. The molecule has 1 saturated heterocycles. The molecule has 0 unspecified atom stereocenters. The van der Waals surface area contributed by atoms with E-state index in [1.54, 1.807) is 4.90 Å². The van der Waals surface area contributed by atoms with E-state index in [9.17, 15) is 9.59 Å². The predicted octanol–water partition coefficient (Wildman–Crippen LogP) is 2.44. The van der Waals surface area contributed by atoms with Crippen LogP contribution in [-0.2, 0) is 4.79 Å². The van der Waals surface area contributed by atoms with Crippen LogP contribution in [0.25, 0.3) is 0 Å². The largest absolute Gasteiger partial charge is 0.338 e. The zero-order chi connectivity index (χ0) is 19.1. The Labute approximate surface area is 156 Å². The number of amides is 3. The Morgan fingerprint density at radius 3 is 2.62 bits per heavy atom. The highest BCUT2D eigenvalue weighted by atomic mass is 16.2. The van der Waals surface area contributed by atoms with Crippen LogP contribution in [-0.4, -0.2) is 55.6 Å². The first kappa shape index (κ1) is 20.2. The van der Waals surface area contributed by atoms with Gasteiger partial charge in [0.05, 0.1) is 6.04 Å². The molecule has 3 amide bonds. The summed E-state index contributed by atoms with van der Waals surface area (Å²) in [4.78, 5) is 28.5. The maximum absolute atomic E-state index is 12.3. The van der Waals surface area contributed by atoms with Gasteiger partial charge in [-0.1, -0.05) is 19.9 Å². The highest BCUT2D eigenvalue weighted by molar-refractivity contribution is 5.96. The van der Waals surface area contributed by atoms with Gasteiger partial charge in [-0.25, -0.2) is 4.79 Å². The number of anilines is 1. The van der Waals surface area contributed by atoms with Gasteiger partial charge in [-0.2, -0.15) is 0 Å². The molecule has 0 aliphatic carbocycles. The minimum Gasteiger partial charge on any atom is -0.338 e. The summed E-state index contributed by atoms with van der Waals surface area (Å²) in [6.07, 6.45) is 1.27. The molecule has 1 heterocycles. The second kappa shape index (κ2) is 9.57. The highest BCUT2D eigenvalue weighted by Crippen LogP contribution is 2.24. The van der Waals surface area contributed by atoms with Crippen molar-refractivity contribution in [3.05, 3.63) is 29.3 Å². The Balaban J connectivity index is 1.77. The van der Waals surface area contributed by atoms with Gasteiger partial charge in [-0.15, -0.1) is 0 Å². The average molecular weight is 361 g/mol. The van der Waals surface area contributed by atoms with Crippen LogP contribution in [0.1, 0.15) is 37.8 Å². The molecule has 2 N–H and O–H groups in total. The Morgan fingerprint density at radius 2 is 1.96 bits per heavy atom. The molecular weight excluding hydrogens is 328 g/mol. The summed E-state index contributed by atoms with van der Waals surface area (Å²) in [5.41, 5.74) is 3.28. The van der Waals surface area contributed by atoms with Crippen molar-refractivity contribution in [2.24, 2.45) is 0 Å². The van der Waals surface area contributed by atoms with Crippen LogP contribution in [0.2, 0.25) is 0 Å². The van der Waals surface area contributed by atoms with Crippen molar-refractivity contribution in [2.75, 3.05) is 37.6 Å². The van der Waals surface area contributed by atoms with Crippen LogP contribution < -0.4 is 15.5 Å². The molecule has 1 aliphatic heterocycles. The van der Waals surface area contributed by atoms with Crippen LogP contribution in [0.15, 0.2) is 18.2 Å². The second-order valence-electron chi connectivity index (χ2n) is 6.95. The number of aryl methyl sites for hydroxylation is 2. The molecule has 1 atom stereocenters. The van der Waals surface area contributed by atoms with E-state index < -0.39 is 0 Å². The third-order valence-corrected chi connectivity index (χ3v) is 5.09. The van der Waals surface area contributed by atoms with Gasteiger partial charge in [0, 0.05) is 25.2 Å². The maximum atomic E-state index is 12.3. The molecule has 1 aromatic carbocycles. The minimum atomic E-state index is -0.190. The SMILES string of the molecule is CCN(CC)CCCNC(=O)N[C@H]1CC(=O)N(c2ccc(C)c(C)c2)C1. The molecule has 2 rings (SSSR count). The van der Waals surface area contributed by atoms with E-state index in [4.69, 9.17) is 0 Å². The Bertz CT molecular complexity index is 628. The summed E-state index contributed by atoms with van der Waals surface area (Å²) in [7, 11) is 0. The number of hydrogen-bond donors (Lipinski definition) is 2. The van der Waals surface area contributed by atoms with Crippen molar-refractivity contribution in [2.45, 2.75) is 46.6 Å². The number of urea groups is 1. The maximum Gasteiger partial charge on any atom is 0.315 e. The normalized spacial score (nSPS) is 17.0. The first-order valence-corrected chi connectivity index (χ1v) is 9.58. The molecule has 144 valence electrons. The van der Waals surface area contributed by atoms with Crippen LogP contribution >= 0.6 is 0 Å². The lowest BCUT2D eigenvalue weighted by atomic mass is 10.1. The van der Waals surface area contributed by atoms with Crippen molar-refractivity contribution >= 4 is 17.6 Å². The smallest absolute Gasteiger partial charge is 0.315 e. The summed E-state index contributed by atoms with van der Waals surface area (Å²) >= 11 is 0. The number of benzene rings is 1. The van der Waals surface area contributed by atoms with Gasteiger partial charge >= 0.3 is 6.03 Å². The van der Waals surface area contributed by atoms with Gasteiger partial charge in [-0.3, -0.25) is 4.79 Å². The molecule has 0 aromatic heterocycles. The van der Waals surface area contributed by atoms with E-state index in [-0.39, 0.29) is 18.0 Å². The highest BCUT2D eigenvalue weighted by Gasteiger charge is 2.31. The summed E-state index contributed by atoms with van der Waals surface area (Å²) < 4.78 is 0. The number of rotatable bonds is 8. The zero-order valence-corrected chi connectivity index (χ0v) is 16.5. The van der Waals surface area contributed by atoms with Crippen LogP contribution in [0.5, 0.6) is 0 Å². The Morgan fingerprint density at radius 1 is 1.23 bits per heavy atom. The summed E-state index contributed by atoms with van der Waals surface area (Å²) in [5, 5.41) is 5.82. The fourth-order valence-corrected chi connectivity index (χ4v) is 3.23. The van der Waals surface area contributed by atoms with E-state index in [2.05, 4.69) is 36.3 Å². The van der Waals surface area contributed by atoms with Crippen molar-refractivity contribution in [3.63, 3.8) is 0 Å². The molecule has 1 aliphatic rings. The molecule has 1 fully saturated rings. The fraction of sp³-hybridized carbons (Fsp3) is 0.600. The lowest BCUT2D eigenvalue weighted by Gasteiger charge is -2.19. The molecule has 0 spiro atoms. The van der Waals surface area contributed by atoms with E-state index in [0.29, 0.717) is 19.5 Å². The van der Waals surface area contributed by atoms with Crippen LogP contribution in [0.3, 0.4) is 0 Å². The van der Waals surface area contributed by atoms with Gasteiger partial charge in [0.1, 0.15) is 0 Å². The summed E-state index contributed by atoms with van der Waals surface area (Å²) in [6, 6.07) is 5.69. The molecule has 0 saturated carbocycles. The van der Waals surface area contributed by atoms with E-state index in [1.807, 2.05) is 25.1 Å². The number of hydrogen-bond acceptors (Lipinski definition) is 3. The van der Waals surface area contributed by atoms with Gasteiger partial charge < -0.3 is 20.4 Å². The third kappa shape index (κ3) is 5.46. The topological polar surface area (TPSA) is 64.7 Å². The van der Waals surface area contributed by atoms with Crippen molar-refractivity contribution in [1.29, 1.82) is 0 Å². The molecule has 6 heteroatoms. The van der Waals surface area contributed by atoms with E-state index >= 15 is 0 Å². The van der Waals surface area contributed by atoms with Gasteiger partial charge in [0.2, 0.25) is 5.91 Å². The standard InChI is InChI=1S/C20H32N4O2/c1-5-23(6-2)11-7-10-21-20(26)22-17-13-19(25)24(14-17)18-9-8-15(3)16(4)12-18/h8-9,12,17H,5-7,10-11,13-14H2,1-4H3,(H2,21,22,26)/t17-/m0/s1. The predicted molar refractivity (Wildman–Crippen MR) is 106 cm³/mol. The van der Waals surface area contributed by atoms with Gasteiger partial charge in [0.15, 0.2) is 0 Å². The lowest BCUT2D eigenvalue weighted by molar-refractivity contribution is -0.117. The van der Waals surface area contributed by atoms with Crippen molar-refractivity contribution in [1.82, 2.24) is 15.5 Å². The lowest BCUT2D eigenvalue weighted by Crippen LogP contribution is -2.44. The minimum absolute atomic E-state index is 0.0556.